The second-order valence-electron chi connectivity index (χ2n) is 4.15. The molecule has 2 aliphatic rings. The summed E-state index contributed by atoms with van der Waals surface area (Å²) in [6, 6.07) is 0. The van der Waals surface area contributed by atoms with Crippen LogP contribution in [0.5, 0.6) is 0 Å². The Morgan fingerprint density at radius 2 is 2.11 bits per heavy atom. The highest BCUT2D eigenvalue weighted by Crippen LogP contribution is 2.35. The standard InChI is InChI=1S/C11H14O6S2/c12-5-6-9(13)10(14)11(17-6)18-7-3-1-2-4-8(7)19(15)16/h1-3,6,9-14H,4-5H2/t6-,9+,10-,11+/m1/s1. The van der Waals surface area contributed by atoms with E-state index < -0.39 is 40.6 Å². The Hall–Kier alpha value is -0.640. The normalized spacial score (nSPS) is 34.5. The molecule has 4 atom stereocenters. The molecule has 106 valence electrons. The fourth-order valence-corrected chi connectivity index (χ4v) is 3.80. The molecule has 0 aromatic carbocycles. The number of ether oxygens (including phenoxy) is 1. The predicted molar refractivity (Wildman–Crippen MR) is 71.1 cm³/mol. The van der Waals surface area contributed by atoms with Gasteiger partial charge in [0, 0.05) is 11.3 Å². The van der Waals surface area contributed by atoms with E-state index in [1.807, 2.05) is 0 Å². The highest BCUT2D eigenvalue weighted by atomic mass is 32.2. The number of hydrogen-bond donors (Lipinski definition) is 3. The van der Waals surface area contributed by atoms with Crippen molar-refractivity contribution in [3.8, 4) is 0 Å². The van der Waals surface area contributed by atoms with Crippen molar-refractivity contribution >= 4 is 26.9 Å². The molecule has 1 heterocycles. The van der Waals surface area contributed by atoms with Gasteiger partial charge in [-0.15, -0.1) is 0 Å². The third-order valence-electron chi connectivity index (χ3n) is 2.90. The lowest BCUT2D eigenvalue weighted by Gasteiger charge is -2.17. The monoisotopic (exact) mass is 306 g/mol. The Kier molecular flexibility index (Phi) is 4.82. The Morgan fingerprint density at radius 3 is 2.68 bits per heavy atom. The predicted octanol–water partition coefficient (Wildman–Crippen LogP) is -0.946. The molecule has 2 rings (SSSR count). The van der Waals surface area contributed by atoms with Gasteiger partial charge in [0.25, 0.3) is 0 Å². The fraction of sp³-hybridized carbons (Fsp3) is 0.545. The second-order valence-corrected chi connectivity index (χ2v) is 6.25. The molecule has 0 aromatic rings. The van der Waals surface area contributed by atoms with Crippen molar-refractivity contribution in [3.63, 3.8) is 0 Å². The molecule has 19 heavy (non-hydrogen) atoms. The van der Waals surface area contributed by atoms with Crippen molar-refractivity contribution < 1.29 is 28.5 Å². The first-order valence-corrected chi connectivity index (χ1v) is 7.61. The van der Waals surface area contributed by atoms with Gasteiger partial charge in [0.15, 0.2) is 0 Å². The maximum Gasteiger partial charge on any atom is 0.218 e. The fourth-order valence-electron chi connectivity index (χ4n) is 1.87. The molecule has 0 radical (unpaired) electrons. The van der Waals surface area contributed by atoms with Gasteiger partial charge in [0.2, 0.25) is 10.3 Å². The van der Waals surface area contributed by atoms with E-state index in [2.05, 4.69) is 0 Å². The van der Waals surface area contributed by atoms with E-state index in [0.29, 0.717) is 11.3 Å². The molecule has 0 saturated carbocycles. The average molecular weight is 306 g/mol. The third kappa shape index (κ3) is 3.10. The maximum atomic E-state index is 11.1. The molecular formula is C11H14O6S2. The van der Waals surface area contributed by atoms with Gasteiger partial charge in [-0.2, -0.15) is 8.42 Å². The highest BCUT2D eigenvalue weighted by Gasteiger charge is 2.43. The summed E-state index contributed by atoms with van der Waals surface area (Å²) in [6.07, 6.45) is 2.15. The lowest BCUT2D eigenvalue weighted by Crippen LogP contribution is -2.33. The van der Waals surface area contributed by atoms with Crippen molar-refractivity contribution in [2.75, 3.05) is 6.61 Å². The van der Waals surface area contributed by atoms with Gasteiger partial charge in [-0.1, -0.05) is 23.9 Å². The van der Waals surface area contributed by atoms with Crippen LogP contribution >= 0.6 is 11.8 Å². The van der Waals surface area contributed by atoms with Gasteiger partial charge in [0.05, 0.1) is 11.5 Å². The number of rotatable bonds is 3. The van der Waals surface area contributed by atoms with Crippen LogP contribution in [0.2, 0.25) is 0 Å². The summed E-state index contributed by atoms with van der Waals surface area (Å²) in [5, 5.41) is 28.4. The van der Waals surface area contributed by atoms with Gasteiger partial charge < -0.3 is 20.1 Å². The topological polar surface area (TPSA) is 104 Å². The minimum Gasteiger partial charge on any atom is -0.394 e. The van der Waals surface area contributed by atoms with Crippen molar-refractivity contribution in [2.45, 2.75) is 30.2 Å². The summed E-state index contributed by atoms with van der Waals surface area (Å²) in [5.41, 5.74) is -0.802. The molecule has 0 aromatic heterocycles. The number of thioether (sulfide) groups is 1. The molecule has 0 amide bonds. The van der Waals surface area contributed by atoms with Crippen LogP contribution in [0.4, 0.5) is 0 Å². The molecule has 1 fully saturated rings. The summed E-state index contributed by atoms with van der Waals surface area (Å²) in [6.45, 7) is -0.404. The summed E-state index contributed by atoms with van der Waals surface area (Å²) in [5.74, 6) is 0. The van der Waals surface area contributed by atoms with Crippen molar-refractivity contribution in [2.24, 2.45) is 0 Å². The van der Waals surface area contributed by atoms with Gasteiger partial charge in [-0.25, -0.2) is 0 Å². The van der Waals surface area contributed by atoms with Crippen LogP contribution in [0.25, 0.3) is 0 Å². The van der Waals surface area contributed by atoms with Gasteiger partial charge >= 0.3 is 0 Å². The van der Waals surface area contributed by atoms with Gasteiger partial charge in [0.1, 0.15) is 23.7 Å². The number of aliphatic hydroxyl groups excluding tert-OH is 3. The van der Waals surface area contributed by atoms with Crippen LogP contribution in [0, 0.1) is 0 Å². The molecule has 1 aliphatic carbocycles. The zero-order valence-electron chi connectivity index (χ0n) is 9.84. The summed E-state index contributed by atoms with van der Waals surface area (Å²) < 4.78 is 27.5. The quantitative estimate of drug-likeness (QED) is 0.578. The first-order chi connectivity index (χ1) is 9.04. The van der Waals surface area contributed by atoms with E-state index in [-0.39, 0.29) is 4.86 Å². The van der Waals surface area contributed by atoms with Crippen molar-refractivity contribution in [1.29, 1.82) is 0 Å². The molecular weight excluding hydrogens is 292 g/mol. The van der Waals surface area contributed by atoms with E-state index in [4.69, 9.17) is 9.84 Å². The van der Waals surface area contributed by atoms with Crippen LogP contribution in [0.1, 0.15) is 6.42 Å². The highest BCUT2D eigenvalue weighted by molar-refractivity contribution is 8.05. The molecule has 0 bridgehead atoms. The van der Waals surface area contributed by atoms with Crippen LogP contribution in [0.3, 0.4) is 0 Å². The Labute approximate surface area is 115 Å². The van der Waals surface area contributed by atoms with Crippen LogP contribution in [-0.4, -0.2) is 59.0 Å². The minimum atomic E-state index is -2.34. The summed E-state index contributed by atoms with van der Waals surface area (Å²) in [4.78, 5) is 0.705. The largest absolute Gasteiger partial charge is 0.394 e. The Morgan fingerprint density at radius 1 is 1.37 bits per heavy atom. The third-order valence-corrected chi connectivity index (χ3v) is 5.08. The molecule has 1 saturated heterocycles. The van der Waals surface area contributed by atoms with Crippen LogP contribution in [0.15, 0.2) is 23.1 Å². The van der Waals surface area contributed by atoms with Crippen LogP contribution < -0.4 is 0 Å². The number of allylic oxidation sites excluding steroid dienone is 4. The molecule has 6 nitrogen and oxygen atoms in total. The SMILES string of the molecule is O=S(=O)=C1CC=CC=C1S[C@@H]1O[C@H](CO)[C@H](O)[C@H]1O. The number of hydrogen-bond acceptors (Lipinski definition) is 7. The summed E-state index contributed by atoms with van der Waals surface area (Å²) >= 11 is 1.03. The molecule has 0 spiro atoms. The maximum absolute atomic E-state index is 11.1. The van der Waals surface area contributed by atoms with E-state index in [1.165, 1.54) is 0 Å². The Balaban J connectivity index is 2.16. The first kappa shape index (κ1) is 14.8. The van der Waals surface area contributed by atoms with Gasteiger partial charge in [-0.3, -0.25) is 0 Å². The zero-order chi connectivity index (χ0) is 14.0. The second kappa shape index (κ2) is 6.21. The van der Waals surface area contributed by atoms with E-state index >= 15 is 0 Å². The molecule has 1 aliphatic heterocycles. The number of aliphatic hydroxyl groups is 3. The lowest BCUT2D eigenvalue weighted by molar-refractivity contribution is -0.00804. The van der Waals surface area contributed by atoms with Crippen molar-refractivity contribution in [3.05, 3.63) is 23.1 Å². The van der Waals surface area contributed by atoms with Crippen LogP contribution in [-0.2, 0) is 15.0 Å². The average Bonchev–Trinajstić information content (AvgIpc) is 2.67. The lowest BCUT2D eigenvalue weighted by atomic mass is 10.2. The first-order valence-electron chi connectivity index (χ1n) is 5.66. The molecule has 0 unspecified atom stereocenters. The zero-order valence-corrected chi connectivity index (χ0v) is 11.5. The van der Waals surface area contributed by atoms with Crippen molar-refractivity contribution in [1.82, 2.24) is 0 Å². The minimum absolute atomic E-state index is 0.227. The van der Waals surface area contributed by atoms with E-state index in [0.717, 1.165) is 11.8 Å². The summed E-state index contributed by atoms with van der Waals surface area (Å²) in [7, 11) is -2.34. The smallest absolute Gasteiger partial charge is 0.218 e. The van der Waals surface area contributed by atoms with Gasteiger partial charge in [-0.05, 0) is 6.08 Å². The molecule has 8 heteroatoms. The Bertz CT molecular complexity index is 527. The molecule has 3 N–H and O–H groups in total. The van der Waals surface area contributed by atoms with E-state index in [9.17, 15) is 18.6 Å². The van der Waals surface area contributed by atoms with E-state index in [1.54, 1.807) is 18.2 Å².